The predicted molar refractivity (Wildman–Crippen MR) is 106 cm³/mol. The van der Waals surface area contributed by atoms with Crippen molar-refractivity contribution in [2.75, 3.05) is 0 Å². The van der Waals surface area contributed by atoms with Crippen LogP contribution in [0.2, 0.25) is 0 Å². The minimum absolute atomic E-state index is 0.0203. The lowest BCUT2D eigenvalue weighted by Gasteiger charge is -2.04. The van der Waals surface area contributed by atoms with Gasteiger partial charge in [-0.1, -0.05) is 18.2 Å². The maximum Gasteiger partial charge on any atom is 0.287 e. The second kappa shape index (κ2) is 7.30. The van der Waals surface area contributed by atoms with E-state index in [4.69, 9.17) is 4.42 Å². The van der Waals surface area contributed by atoms with Gasteiger partial charge in [0.1, 0.15) is 5.58 Å². The van der Waals surface area contributed by atoms with Crippen molar-refractivity contribution in [3.05, 3.63) is 90.6 Å². The lowest BCUT2D eigenvalue weighted by molar-refractivity contribution is 0.0923. The molecule has 0 saturated carbocycles. The Morgan fingerprint density at radius 3 is 2.67 bits per heavy atom. The number of fused-ring (bicyclic) bond motifs is 1. The van der Waals surface area contributed by atoms with Crippen LogP contribution in [0.5, 0.6) is 0 Å². The molecule has 1 N–H and O–H groups in total. The fourth-order valence-corrected chi connectivity index (χ4v) is 4.24. The maximum absolute atomic E-state index is 12.3. The van der Waals surface area contributed by atoms with Crippen LogP contribution in [0.4, 0.5) is 0 Å². The monoisotopic (exact) mass is 395 g/mol. The van der Waals surface area contributed by atoms with Crippen molar-refractivity contribution in [3.63, 3.8) is 0 Å². The van der Waals surface area contributed by atoms with Gasteiger partial charge in [0.05, 0.1) is 21.7 Å². The molecular formula is C20H13NO4S2. The topological polar surface area (TPSA) is 76.4 Å². The van der Waals surface area contributed by atoms with E-state index >= 15 is 0 Å². The molecule has 1 aromatic carbocycles. The van der Waals surface area contributed by atoms with Crippen molar-refractivity contribution >= 4 is 45.3 Å². The minimum atomic E-state index is -0.475. The molecular weight excluding hydrogens is 382 g/mol. The standard InChI is InChI=1S/C20H13NO4S2/c22-14-10-16(25-15-5-2-1-4-13(14)15)20(24)21-11-12-7-8-18(27-12)19(23)17-6-3-9-26-17/h1-10H,11H2,(H,21,24). The van der Waals surface area contributed by atoms with E-state index in [1.54, 1.807) is 36.4 Å². The zero-order chi connectivity index (χ0) is 18.8. The molecule has 0 aliphatic heterocycles. The Kier molecular flexibility index (Phi) is 4.70. The number of para-hydroxylation sites is 1. The molecule has 1 amide bonds. The van der Waals surface area contributed by atoms with Gasteiger partial charge in [0, 0.05) is 10.9 Å². The average molecular weight is 395 g/mol. The number of carbonyl (C=O) groups is 2. The molecule has 4 aromatic rings. The Labute approximate surface area is 161 Å². The summed E-state index contributed by atoms with van der Waals surface area (Å²) >= 11 is 2.73. The molecule has 7 heteroatoms. The van der Waals surface area contributed by atoms with Gasteiger partial charge in [-0.15, -0.1) is 22.7 Å². The molecule has 0 fully saturated rings. The molecule has 3 heterocycles. The SMILES string of the molecule is O=C(NCc1ccc(C(=O)c2cccs2)s1)c1cc(=O)c2ccccc2o1. The molecule has 0 atom stereocenters. The van der Waals surface area contributed by atoms with Crippen molar-refractivity contribution in [2.45, 2.75) is 6.54 Å². The number of hydrogen-bond donors (Lipinski definition) is 1. The van der Waals surface area contributed by atoms with Crippen LogP contribution in [0.1, 0.15) is 30.0 Å². The first-order chi connectivity index (χ1) is 13.1. The van der Waals surface area contributed by atoms with Crippen LogP contribution in [0.3, 0.4) is 0 Å². The predicted octanol–water partition coefficient (Wildman–Crippen LogP) is 4.08. The molecule has 4 rings (SSSR count). The summed E-state index contributed by atoms with van der Waals surface area (Å²) in [6, 6.07) is 15.2. The fourth-order valence-electron chi connectivity index (χ4n) is 2.59. The van der Waals surface area contributed by atoms with Gasteiger partial charge < -0.3 is 9.73 Å². The maximum atomic E-state index is 12.3. The van der Waals surface area contributed by atoms with E-state index in [0.717, 1.165) is 4.88 Å². The highest BCUT2D eigenvalue weighted by Crippen LogP contribution is 2.22. The number of thiophene rings is 2. The molecule has 0 saturated heterocycles. The average Bonchev–Trinajstić information content (AvgIpc) is 3.37. The molecule has 0 aliphatic carbocycles. The zero-order valence-corrected chi connectivity index (χ0v) is 15.6. The van der Waals surface area contributed by atoms with Crippen LogP contribution >= 0.6 is 22.7 Å². The van der Waals surface area contributed by atoms with Crippen LogP contribution in [-0.2, 0) is 6.54 Å². The van der Waals surface area contributed by atoms with Crippen molar-refractivity contribution in [3.8, 4) is 0 Å². The Morgan fingerprint density at radius 2 is 1.85 bits per heavy atom. The van der Waals surface area contributed by atoms with Crippen molar-refractivity contribution in [2.24, 2.45) is 0 Å². The molecule has 134 valence electrons. The highest BCUT2D eigenvalue weighted by Gasteiger charge is 2.15. The molecule has 0 spiro atoms. The summed E-state index contributed by atoms with van der Waals surface area (Å²) in [5.74, 6) is -0.532. The number of benzene rings is 1. The summed E-state index contributed by atoms with van der Waals surface area (Å²) in [6.45, 7) is 0.248. The van der Waals surface area contributed by atoms with Crippen LogP contribution in [0.15, 0.2) is 69.2 Å². The van der Waals surface area contributed by atoms with Gasteiger partial charge in [0.25, 0.3) is 5.91 Å². The van der Waals surface area contributed by atoms with Crippen molar-refractivity contribution < 1.29 is 14.0 Å². The van der Waals surface area contributed by atoms with Gasteiger partial charge in [-0.2, -0.15) is 0 Å². The van der Waals surface area contributed by atoms with E-state index in [2.05, 4.69) is 5.32 Å². The highest BCUT2D eigenvalue weighted by atomic mass is 32.1. The molecule has 0 unspecified atom stereocenters. The summed E-state index contributed by atoms with van der Waals surface area (Å²) in [5.41, 5.74) is 0.108. The number of hydrogen-bond acceptors (Lipinski definition) is 6. The fraction of sp³-hybridized carbons (Fsp3) is 0.0500. The summed E-state index contributed by atoms with van der Waals surface area (Å²) in [7, 11) is 0. The first-order valence-corrected chi connectivity index (χ1v) is 9.79. The van der Waals surface area contributed by atoms with E-state index in [1.807, 2.05) is 17.5 Å². The van der Waals surface area contributed by atoms with Gasteiger partial charge in [0.15, 0.2) is 11.2 Å². The second-order valence-corrected chi connectivity index (χ2v) is 7.84. The number of rotatable bonds is 5. The van der Waals surface area contributed by atoms with E-state index in [9.17, 15) is 14.4 Å². The Balaban J connectivity index is 1.47. The first kappa shape index (κ1) is 17.4. The lowest BCUT2D eigenvalue weighted by atomic mass is 10.2. The molecule has 5 nitrogen and oxygen atoms in total. The molecule has 3 aromatic heterocycles. The zero-order valence-electron chi connectivity index (χ0n) is 13.9. The number of ketones is 1. The van der Waals surface area contributed by atoms with E-state index in [0.29, 0.717) is 20.7 Å². The van der Waals surface area contributed by atoms with Gasteiger partial charge in [-0.3, -0.25) is 14.4 Å². The smallest absolute Gasteiger partial charge is 0.287 e. The summed E-state index contributed by atoms with van der Waals surface area (Å²) in [5, 5.41) is 5.02. The number of amides is 1. The molecule has 0 bridgehead atoms. The molecule has 0 aliphatic rings. The number of carbonyl (C=O) groups excluding carboxylic acids is 2. The van der Waals surface area contributed by atoms with Crippen molar-refractivity contribution in [1.29, 1.82) is 0 Å². The van der Waals surface area contributed by atoms with Crippen molar-refractivity contribution in [1.82, 2.24) is 5.32 Å². The minimum Gasteiger partial charge on any atom is -0.451 e. The summed E-state index contributed by atoms with van der Waals surface area (Å²) in [6.07, 6.45) is 0. The molecule has 27 heavy (non-hydrogen) atoms. The van der Waals surface area contributed by atoms with E-state index < -0.39 is 5.91 Å². The second-order valence-electron chi connectivity index (χ2n) is 5.73. The largest absolute Gasteiger partial charge is 0.451 e. The Morgan fingerprint density at radius 1 is 1.00 bits per heavy atom. The van der Waals surface area contributed by atoms with E-state index in [-0.39, 0.29) is 23.5 Å². The summed E-state index contributed by atoms with van der Waals surface area (Å²) in [4.78, 5) is 38.9. The number of nitrogens with one attached hydrogen (secondary N) is 1. The van der Waals surface area contributed by atoms with Crippen LogP contribution < -0.4 is 10.7 Å². The van der Waals surface area contributed by atoms with Gasteiger partial charge in [-0.05, 0) is 35.7 Å². The third-order valence-electron chi connectivity index (χ3n) is 3.91. The van der Waals surface area contributed by atoms with Crippen LogP contribution in [0, 0.1) is 0 Å². The normalized spacial score (nSPS) is 10.8. The van der Waals surface area contributed by atoms with Crippen LogP contribution in [-0.4, -0.2) is 11.7 Å². The lowest BCUT2D eigenvalue weighted by Crippen LogP contribution is -2.23. The Hall–Kier alpha value is -3.03. The molecule has 0 radical (unpaired) electrons. The summed E-state index contributed by atoms with van der Waals surface area (Å²) < 4.78 is 5.52. The van der Waals surface area contributed by atoms with Gasteiger partial charge in [0.2, 0.25) is 5.78 Å². The third-order valence-corrected chi connectivity index (χ3v) is 5.86. The van der Waals surface area contributed by atoms with Gasteiger partial charge in [-0.25, -0.2) is 0 Å². The highest BCUT2D eigenvalue weighted by molar-refractivity contribution is 7.16. The van der Waals surface area contributed by atoms with Crippen LogP contribution in [0.25, 0.3) is 11.0 Å². The first-order valence-electron chi connectivity index (χ1n) is 8.10. The third kappa shape index (κ3) is 3.60. The quantitative estimate of drug-likeness (QED) is 0.517. The van der Waals surface area contributed by atoms with Gasteiger partial charge >= 0.3 is 0 Å². The Bertz CT molecular complexity index is 1190. The van der Waals surface area contributed by atoms with E-state index in [1.165, 1.54) is 28.7 Å².